The highest BCUT2D eigenvalue weighted by Gasteiger charge is 2.41. The van der Waals surface area contributed by atoms with Crippen molar-refractivity contribution in [1.82, 2.24) is 10.2 Å². The van der Waals surface area contributed by atoms with Gasteiger partial charge in [-0.05, 0) is 37.6 Å². The van der Waals surface area contributed by atoms with Crippen molar-refractivity contribution in [3.05, 3.63) is 0 Å². The molecule has 1 spiro atoms. The minimum absolute atomic E-state index is 0.459. The van der Waals surface area contributed by atoms with Crippen LogP contribution in [0.4, 0.5) is 0 Å². The molecule has 1 aliphatic carbocycles. The fourth-order valence-corrected chi connectivity index (χ4v) is 4.01. The van der Waals surface area contributed by atoms with Gasteiger partial charge in [-0.3, -0.25) is 4.90 Å². The summed E-state index contributed by atoms with van der Waals surface area (Å²) in [4.78, 5) is 2.88. The standard InChI is InChI=1S/C18H36N2/c1-5-9-16-14-20(13-12-17(2,3)4)18(15-19-16)10-7-6-8-11-18/h16,19H,5-15H2,1-4H3. The van der Waals surface area contributed by atoms with Crippen LogP contribution < -0.4 is 5.32 Å². The van der Waals surface area contributed by atoms with Gasteiger partial charge in [0.15, 0.2) is 0 Å². The van der Waals surface area contributed by atoms with Gasteiger partial charge in [0.25, 0.3) is 0 Å². The maximum absolute atomic E-state index is 3.87. The van der Waals surface area contributed by atoms with E-state index in [1.54, 1.807) is 0 Å². The first-order valence-corrected chi connectivity index (χ1v) is 8.94. The van der Waals surface area contributed by atoms with E-state index < -0.39 is 0 Å². The normalized spacial score (nSPS) is 27.9. The van der Waals surface area contributed by atoms with E-state index in [0.717, 1.165) is 6.04 Å². The average Bonchev–Trinajstić information content (AvgIpc) is 2.40. The molecule has 1 N–H and O–H groups in total. The van der Waals surface area contributed by atoms with Crippen molar-refractivity contribution in [3.8, 4) is 0 Å². The zero-order valence-corrected chi connectivity index (χ0v) is 14.3. The van der Waals surface area contributed by atoms with Crippen LogP contribution in [-0.4, -0.2) is 36.1 Å². The van der Waals surface area contributed by atoms with Crippen LogP contribution in [0.1, 0.15) is 79.1 Å². The molecule has 2 rings (SSSR count). The van der Waals surface area contributed by atoms with E-state index >= 15 is 0 Å². The number of nitrogens with one attached hydrogen (secondary N) is 1. The van der Waals surface area contributed by atoms with Crippen molar-refractivity contribution >= 4 is 0 Å². The summed E-state index contributed by atoms with van der Waals surface area (Å²) in [5.74, 6) is 0. The predicted octanol–water partition coefficient (Wildman–Crippen LogP) is 4.20. The first kappa shape index (κ1) is 16.3. The van der Waals surface area contributed by atoms with Gasteiger partial charge in [0.1, 0.15) is 0 Å². The molecule has 2 fully saturated rings. The highest BCUT2D eigenvalue weighted by Crippen LogP contribution is 2.36. The topological polar surface area (TPSA) is 15.3 Å². The Morgan fingerprint density at radius 3 is 2.45 bits per heavy atom. The maximum atomic E-state index is 3.87. The summed E-state index contributed by atoms with van der Waals surface area (Å²) in [7, 11) is 0. The van der Waals surface area contributed by atoms with Gasteiger partial charge < -0.3 is 5.32 Å². The lowest BCUT2D eigenvalue weighted by Crippen LogP contribution is -2.65. The molecule has 1 saturated heterocycles. The third kappa shape index (κ3) is 4.21. The molecule has 1 saturated carbocycles. The summed E-state index contributed by atoms with van der Waals surface area (Å²) in [6, 6.07) is 0.729. The van der Waals surface area contributed by atoms with Crippen LogP contribution in [-0.2, 0) is 0 Å². The second-order valence-corrected chi connectivity index (χ2v) is 8.41. The fourth-order valence-electron chi connectivity index (χ4n) is 4.01. The highest BCUT2D eigenvalue weighted by atomic mass is 15.3. The minimum atomic E-state index is 0.459. The van der Waals surface area contributed by atoms with Crippen LogP contribution >= 0.6 is 0 Å². The molecule has 2 aliphatic rings. The molecule has 1 atom stereocenters. The van der Waals surface area contributed by atoms with E-state index in [2.05, 4.69) is 37.9 Å². The summed E-state index contributed by atoms with van der Waals surface area (Å²) in [5.41, 5.74) is 0.953. The molecule has 1 aliphatic heterocycles. The van der Waals surface area contributed by atoms with E-state index in [0.29, 0.717) is 11.0 Å². The highest BCUT2D eigenvalue weighted by molar-refractivity contribution is 5.00. The molecule has 2 heteroatoms. The Morgan fingerprint density at radius 2 is 1.85 bits per heavy atom. The predicted molar refractivity (Wildman–Crippen MR) is 88.2 cm³/mol. The Kier molecular flexibility index (Phi) is 5.53. The average molecular weight is 280 g/mol. The van der Waals surface area contributed by atoms with Crippen molar-refractivity contribution < 1.29 is 0 Å². The SMILES string of the molecule is CCCC1CN(CCC(C)(C)C)C2(CCCCC2)CN1. The Bertz CT molecular complexity index is 286. The first-order chi connectivity index (χ1) is 9.45. The third-order valence-corrected chi connectivity index (χ3v) is 5.38. The van der Waals surface area contributed by atoms with Gasteiger partial charge in [0.05, 0.1) is 0 Å². The molecule has 0 amide bonds. The molecule has 0 aromatic rings. The van der Waals surface area contributed by atoms with E-state index in [1.807, 2.05) is 0 Å². The van der Waals surface area contributed by atoms with Crippen LogP contribution in [0.3, 0.4) is 0 Å². The van der Waals surface area contributed by atoms with Crippen LogP contribution in [0, 0.1) is 5.41 Å². The van der Waals surface area contributed by atoms with E-state index in [9.17, 15) is 0 Å². The van der Waals surface area contributed by atoms with E-state index in [1.165, 1.54) is 71.0 Å². The molecule has 0 radical (unpaired) electrons. The zero-order valence-electron chi connectivity index (χ0n) is 14.3. The van der Waals surface area contributed by atoms with Gasteiger partial charge in [-0.15, -0.1) is 0 Å². The third-order valence-electron chi connectivity index (χ3n) is 5.38. The molecule has 0 bridgehead atoms. The van der Waals surface area contributed by atoms with Gasteiger partial charge in [0.2, 0.25) is 0 Å². The summed E-state index contributed by atoms with van der Waals surface area (Å²) >= 11 is 0. The second-order valence-electron chi connectivity index (χ2n) is 8.41. The van der Waals surface area contributed by atoms with Crippen LogP contribution in [0.5, 0.6) is 0 Å². The lowest BCUT2D eigenvalue weighted by Gasteiger charge is -2.52. The largest absolute Gasteiger partial charge is 0.311 e. The molecule has 2 nitrogen and oxygen atoms in total. The van der Waals surface area contributed by atoms with Gasteiger partial charge in [-0.25, -0.2) is 0 Å². The molecule has 1 heterocycles. The number of rotatable bonds is 4. The summed E-state index contributed by atoms with van der Waals surface area (Å²) < 4.78 is 0. The molecular weight excluding hydrogens is 244 g/mol. The van der Waals surface area contributed by atoms with Crippen LogP contribution in [0.2, 0.25) is 0 Å². The molecular formula is C18H36N2. The van der Waals surface area contributed by atoms with Gasteiger partial charge in [0, 0.05) is 24.7 Å². The number of piperazine rings is 1. The molecule has 20 heavy (non-hydrogen) atoms. The zero-order chi connectivity index (χ0) is 14.6. The summed E-state index contributed by atoms with van der Waals surface area (Å²) in [5, 5.41) is 3.87. The molecule has 118 valence electrons. The fraction of sp³-hybridized carbons (Fsp3) is 1.00. The number of nitrogens with zero attached hydrogens (tertiary/aromatic N) is 1. The van der Waals surface area contributed by atoms with Crippen molar-refractivity contribution in [3.63, 3.8) is 0 Å². The number of hydrogen-bond donors (Lipinski definition) is 1. The Balaban J connectivity index is 2.01. The molecule has 1 unspecified atom stereocenters. The Labute approximate surface area is 126 Å². The maximum Gasteiger partial charge on any atom is 0.0334 e. The van der Waals surface area contributed by atoms with E-state index in [-0.39, 0.29) is 0 Å². The van der Waals surface area contributed by atoms with Crippen molar-refractivity contribution in [2.75, 3.05) is 19.6 Å². The lowest BCUT2D eigenvalue weighted by molar-refractivity contribution is 0.00183. The lowest BCUT2D eigenvalue weighted by atomic mass is 9.77. The van der Waals surface area contributed by atoms with Crippen molar-refractivity contribution in [2.45, 2.75) is 90.6 Å². The molecule has 0 aromatic carbocycles. The van der Waals surface area contributed by atoms with Gasteiger partial charge in [-0.2, -0.15) is 0 Å². The Hall–Kier alpha value is -0.0800. The van der Waals surface area contributed by atoms with Gasteiger partial charge in [-0.1, -0.05) is 53.4 Å². The minimum Gasteiger partial charge on any atom is -0.311 e. The monoisotopic (exact) mass is 280 g/mol. The Morgan fingerprint density at radius 1 is 1.15 bits per heavy atom. The summed E-state index contributed by atoms with van der Waals surface area (Å²) in [6.07, 6.45) is 11.1. The smallest absolute Gasteiger partial charge is 0.0334 e. The van der Waals surface area contributed by atoms with E-state index in [4.69, 9.17) is 0 Å². The quantitative estimate of drug-likeness (QED) is 0.830. The number of hydrogen-bond acceptors (Lipinski definition) is 2. The first-order valence-electron chi connectivity index (χ1n) is 8.94. The van der Waals surface area contributed by atoms with Crippen molar-refractivity contribution in [1.29, 1.82) is 0 Å². The molecule has 0 aromatic heterocycles. The van der Waals surface area contributed by atoms with Crippen LogP contribution in [0.15, 0.2) is 0 Å². The second kappa shape index (κ2) is 6.79. The van der Waals surface area contributed by atoms with Gasteiger partial charge >= 0.3 is 0 Å². The van der Waals surface area contributed by atoms with Crippen molar-refractivity contribution in [2.24, 2.45) is 5.41 Å². The summed E-state index contributed by atoms with van der Waals surface area (Å²) in [6.45, 7) is 13.3. The van der Waals surface area contributed by atoms with Crippen LogP contribution in [0.25, 0.3) is 0 Å².